The molecule has 2 rings (SSSR count). The van der Waals surface area contributed by atoms with E-state index in [9.17, 15) is 4.79 Å². The van der Waals surface area contributed by atoms with Gasteiger partial charge in [0.1, 0.15) is 11.5 Å². The van der Waals surface area contributed by atoms with Gasteiger partial charge in [0.05, 0.1) is 7.11 Å². The maximum atomic E-state index is 12.4. The zero-order chi connectivity index (χ0) is 15.4. The number of aryl methyl sites for hydroxylation is 3. The van der Waals surface area contributed by atoms with Gasteiger partial charge in [-0.3, -0.25) is 4.79 Å². The molecule has 3 heteroatoms. The number of hydrogen-bond donors (Lipinski definition) is 0. The SMILES string of the molecule is COc1cccc(OCC(=O)c2c(C)cc(C)cc2C)c1. The number of Topliss-reactive ketones (excluding diaryl/α,β-unsaturated/α-hetero) is 1. The van der Waals surface area contributed by atoms with Gasteiger partial charge in [-0.2, -0.15) is 0 Å². The van der Waals surface area contributed by atoms with Crippen LogP contribution in [0.3, 0.4) is 0 Å². The van der Waals surface area contributed by atoms with Gasteiger partial charge in [0.15, 0.2) is 6.61 Å². The van der Waals surface area contributed by atoms with Crippen molar-refractivity contribution in [3.05, 3.63) is 58.7 Å². The minimum absolute atomic E-state index is 0.00665. The lowest BCUT2D eigenvalue weighted by Crippen LogP contribution is -2.14. The molecule has 3 nitrogen and oxygen atoms in total. The number of methoxy groups -OCH3 is 1. The third-order valence-electron chi connectivity index (χ3n) is 3.37. The Morgan fingerprint density at radius 1 is 1.00 bits per heavy atom. The lowest BCUT2D eigenvalue weighted by Gasteiger charge is -2.11. The predicted octanol–water partition coefficient (Wildman–Crippen LogP) is 3.88. The fourth-order valence-corrected chi connectivity index (χ4v) is 2.53. The molecule has 0 spiro atoms. The molecule has 0 saturated carbocycles. The molecular formula is C18H20O3. The standard InChI is InChI=1S/C18H20O3/c1-12-8-13(2)18(14(3)9-12)17(19)11-21-16-7-5-6-15(10-16)20-4/h5-10H,11H2,1-4H3. The molecular weight excluding hydrogens is 264 g/mol. The third-order valence-corrected chi connectivity index (χ3v) is 3.37. The molecule has 0 N–H and O–H groups in total. The van der Waals surface area contributed by atoms with Crippen LogP contribution in [-0.4, -0.2) is 19.5 Å². The summed E-state index contributed by atoms with van der Waals surface area (Å²) in [6.45, 7) is 5.97. The van der Waals surface area contributed by atoms with Crippen LogP contribution in [-0.2, 0) is 0 Å². The van der Waals surface area contributed by atoms with E-state index in [-0.39, 0.29) is 12.4 Å². The van der Waals surface area contributed by atoms with Crippen LogP contribution in [0.5, 0.6) is 11.5 Å². The van der Waals surface area contributed by atoms with Crippen molar-refractivity contribution in [2.24, 2.45) is 0 Å². The number of carbonyl (C=O) groups is 1. The minimum atomic E-state index is -0.00665. The number of benzene rings is 2. The van der Waals surface area contributed by atoms with E-state index in [2.05, 4.69) is 0 Å². The highest BCUT2D eigenvalue weighted by Gasteiger charge is 2.13. The first-order valence-corrected chi connectivity index (χ1v) is 6.89. The molecule has 2 aromatic rings. The summed E-state index contributed by atoms with van der Waals surface area (Å²) in [7, 11) is 1.60. The molecule has 0 fully saturated rings. The van der Waals surface area contributed by atoms with Gasteiger partial charge in [0.2, 0.25) is 5.78 Å². The molecule has 0 aromatic heterocycles. The Balaban J connectivity index is 2.12. The van der Waals surface area contributed by atoms with Gasteiger partial charge in [-0.15, -0.1) is 0 Å². The predicted molar refractivity (Wildman–Crippen MR) is 83.5 cm³/mol. The summed E-state index contributed by atoms with van der Waals surface area (Å²) >= 11 is 0. The van der Waals surface area contributed by atoms with Crippen LogP contribution in [0.1, 0.15) is 27.0 Å². The number of hydrogen-bond acceptors (Lipinski definition) is 3. The Labute approximate surface area is 125 Å². The van der Waals surface area contributed by atoms with E-state index >= 15 is 0 Å². The highest BCUT2D eigenvalue weighted by molar-refractivity contribution is 6.00. The van der Waals surface area contributed by atoms with E-state index in [0.29, 0.717) is 11.5 Å². The molecule has 0 heterocycles. The molecule has 0 atom stereocenters. The Bertz CT molecular complexity index is 636. The Hall–Kier alpha value is -2.29. The largest absolute Gasteiger partial charge is 0.497 e. The molecule has 0 unspecified atom stereocenters. The summed E-state index contributed by atoms with van der Waals surface area (Å²) in [5.41, 5.74) is 3.90. The van der Waals surface area contributed by atoms with Crippen LogP contribution in [0.2, 0.25) is 0 Å². The summed E-state index contributed by atoms with van der Waals surface area (Å²) in [6.07, 6.45) is 0. The molecule has 2 aromatic carbocycles. The zero-order valence-electron chi connectivity index (χ0n) is 12.9. The summed E-state index contributed by atoms with van der Waals surface area (Å²) in [5.74, 6) is 1.33. The van der Waals surface area contributed by atoms with Gasteiger partial charge in [-0.1, -0.05) is 23.8 Å². The Morgan fingerprint density at radius 2 is 1.62 bits per heavy atom. The van der Waals surface area contributed by atoms with Gasteiger partial charge < -0.3 is 9.47 Å². The second-order valence-corrected chi connectivity index (χ2v) is 5.16. The van der Waals surface area contributed by atoms with Crippen LogP contribution in [0.4, 0.5) is 0 Å². The van der Waals surface area contributed by atoms with E-state index in [1.54, 1.807) is 13.2 Å². The van der Waals surface area contributed by atoms with Crippen LogP contribution in [0, 0.1) is 20.8 Å². The highest BCUT2D eigenvalue weighted by Crippen LogP contribution is 2.20. The average molecular weight is 284 g/mol. The Morgan fingerprint density at radius 3 is 2.24 bits per heavy atom. The number of ketones is 1. The van der Waals surface area contributed by atoms with Gasteiger partial charge in [0, 0.05) is 11.6 Å². The lowest BCUT2D eigenvalue weighted by atomic mass is 9.97. The third kappa shape index (κ3) is 3.63. The molecule has 0 amide bonds. The minimum Gasteiger partial charge on any atom is -0.497 e. The fourth-order valence-electron chi connectivity index (χ4n) is 2.53. The van der Waals surface area contributed by atoms with Crippen LogP contribution in [0.15, 0.2) is 36.4 Å². The first-order valence-electron chi connectivity index (χ1n) is 6.89. The first kappa shape index (κ1) is 15.1. The van der Waals surface area contributed by atoms with Crippen molar-refractivity contribution in [3.8, 4) is 11.5 Å². The average Bonchev–Trinajstić information content (AvgIpc) is 2.44. The second kappa shape index (κ2) is 6.44. The summed E-state index contributed by atoms with van der Waals surface area (Å²) in [4.78, 5) is 12.4. The molecule has 0 bridgehead atoms. The van der Waals surface area contributed by atoms with E-state index in [0.717, 1.165) is 22.3 Å². The highest BCUT2D eigenvalue weighted by atomic mass is 16.5. The summed E-state index contributed by atoms with van der Waals surface area (Å²) < 4.78 is 10.7. The van der Waals surface area contributed by atoms with Crippen molar-refractivity contribution < 1.29 is 14.3 Å². The number of carbonyl (C=O) groups excluding carboxylic acids is 1. The first-order chi connectivity index (χ1) is 10.0. The monoisotopic (exact) mass is 284 g/mol. The molecule has 0 aliphatic carbocycles. The van der Waals surface area contributed by atoms with Crippen molar-refractivity contribution in [1.29, 1.82) is 0 Å². The maximum absolute atomic E-state index is 12.4. The molecule has 0 saturated heterocycles. The van der Waals surface area contributed by atoms with Crippen LogP contribution < -0.4 is 9.47 Å². The topological polar surface area (TPSA) is 35.5 Å². The van der Waals surface area contributed by atoms with Gasteiger partial charge in [-0.25, -0.2) is 0 Å². The van der Waals surface area contributed by atoms with Crippen molar-refractivity contribution in [2.45, 2.75) is 20.8 Å². The van der Waals surface area contributed by atoms with Crippen molar-refractivity contribution in [1.82, 2.24) is 0 Å². The smallest absolute Gasteiger partial charge is 0.200 e. The van der Waals surface area contributed by atoms with Crippen molar-refractivity contribution in [3.63, 3.8) is 0 Å². The van der Waals surface area contributed by atoms with E-state index < -0.39 is 0 Å². The molecule has 110 valence electrons. The van der Waals surface area contributed by atoms with Crippen LogP contribution >= 0.6 is 0 Å². The normalized spacial score (nSPS) is 10.3. The van der Waals surface area contributed by atoms with Gasteiger partial charge in [0.25, 0.3) is 0 Å². The molecule has 21 heavy (non-hydrogen) atoms. The molecule has 0 aliphatic rings. The summed E-state index contributed by atoms with van der Waals surface area (Å²) in [5, 5.41) is 0. The quantitative estimate of drug-likeness (QED) is 0.782. The zero-order valence-corrected chi connectivity index (χ0v) is 12.9. The Kier molecular flexibility index (Phi) is 4.63. The van der Waals surface area contributed by atoms with E-state index in [1.807, 2.05) is 51.1 Å². The fraction of sp³-hybridized carbons (Fsp3) is 0.278. The van der Waals surface area contributed by atoms with Crippen molar-refractivity contribution >= 4 is 5.78 Å². The van der Waals surface area contributed by atoms with Gasteiger partial charge in [-0.05, 0) is 44.0 Å². The molecule has 0 aliphatic heterocycles. The second-order valence-electron chi connectivity index (χ2n) is 5.16. The summed E-state index contributed by atoms with van der Waals surface area (Å²) in [6, 6.07) is 11.3. The number of ether oxygens (including phenoxy) is 2. The van der Waals surface area contributed by atoms with Crippen LogP contribution in [0.25, 0.3) is 0 Å². The van der Waals surface area contributed by atoms with E-state index in [4.69, 9.17) is 9.47 Å². The maximum Gasteiger partial charge on any atom is 0.200 e. The molecule has 0 radical (unpaired) electrons. The van der Waals surface area contributed by atoms with E-state index in [1.165, 1.54) is 0 Å². The van der Waals surface area contributed by atoms with Gasteiger partial charge >= 0.3 is 0 Å². The number of rotatable bonds is 5. The van der Waals surface area contributed by atoms with Crippen molar-refractivity contribution in [2.75, 3.05) is 13.7 Å². The lowest BCUT2D eigenvalue weighted by molar-refractivity contribution is 0.0920.